The van der Waals surface area contributed by atoms with Gasteiger partial charge in [-0.05, 0) is 42.7 Å². The van der Waals surface area contributed by atoms with Crippen molar-refractivity contribution >= 4 is 5.69 Å². The first kappa shape index (κ1) is 15.9. The van der Waals surface area contributed by atoms with E-state index in [1.54, 1.807) is 13.4 Å². The van der Waals surface area contributed by atoms with Crippen molar-refractivity contribution in [2.24, 2.45) is 0 Å². The average molecular weight is 314 g/mol. The molecule has 124 valence electrons. The minimum atomic E-state index is 0.739. The predicted octanol–water partition coefficient (Wildman–Crippen LogP) is 3.96. The van der Waals surface area contributed by atoms with Gasteiger partial charge in [0.25, 0.3) is 0 Å². The standard InChI is InChI=1S/C19H26N2O2/c1-22-19-13-16(14-20-15-17-7-6-12-23-17)8-9-18(19)21-10-4-2-3-5-11-21/h6-9,12-13,20H,2-5,10-11,14-15H2,1H3. The third-order valence-corrected chi connectivity index (χ3v) is 4.40. The summed E-state index contributed by atoms with van der Waals surface area (Å²) in [7, 11) is 1.76. The summed E-state index contributed by atoms with van der Waals surface area (Å²) in [6.45, 7) is 3.80. The number of nitrogens with zero attached hydrogens (tertiary/aromatic N) is 1. The summed E-state index contributed by atoms with van der Waals surface area (Å²) >= 11 is 0. The molecule has 0 spiro atoms. The lowest BCUT2D eigenvalue weighted by Gasteiger charge is -2.25. The summed E-state index contributed by atoms with van der Waals surface area (Å²) in [4.78, 5) is 2.46. The van der Waals surface area contributed by atoms with Gasteiger partial charge in [-0.3, -0.25) is 0 Å². The van der Waals surface area contributed by atoms with E-state index in [0.717, 1.165) is 37.7 Å². The maximum atomic E-state index is 5.64. The quantitative estimate of drug-likeness (QED) is 0.876. The lowest BCUT2D eigenvalue weighted by Crippen LogP contribution is -2.24. The van der Waals surface area contributed by atoms with E-state index in [1.807, 2.05) is 12.1 Å². The van der Waals surface area contributed by atoms with Crippen LogP contribution in [0, 0.1) is 0 Å². The van der Waals surface area contributed by atoms with Crippen molar-refractivity contribution < 1.29 is 9.15 Å². The SMILES string of the molecule is COc1cc(CNCc2ccco2)ccc1N1CCCCCC1. The van der Waals surface area contributed by atoms with Gasteiger partial charge in [0.2, 0.25) is 0 Å². The van der Waals surface area contributed by atoms with Crippen LogP contribution in [0.15, 0.2) is 41.0 Å². The molecule has 1 aliphatic rings. The second-order valence-corrected chi connectivity index (χ2v) is 6.09. The van der Waals surface area contributed by atoms with E-state index >= 15 is 0 Å². The number of methoxy groups -OCH3 is 1. The molecule has 0 unspecified atom stereocenters. The van der Waals surface area contributed by atoms with Gasteiger partial charge in [-0.15, -0.1) is 0 Å². The maximum Gasteiger partial charge on any atom is 0.142 e. The molecule has 0 aliphatic carbocycles. The number of furan rings is 1. The van der Waals surface area contributed by atoms with Gasteiger partial charge in [0, 0.05) is 19.6 Å². The van der Waals surface area contributed by atoms with Crippen LogP contribution in [0.5, 0.6) is 5.75 Å². The van der Waals surface area contributed by atoms with Gasteiger partial charge < -0.3 is 19.4 Å². The van der Waals surface area contributed by atoms with Gasteiger partial charge in [-0.25, -0.2) is 0 Å². The third kappa shape index (κ3) is 4.29. The minimum absolute atomic E-state index is 0.739. The molecule has 23 heavy (non-hydrogen) atoms. The molecule has 4 heteroatoms. The zero-order valence-corrected chi connectivity index (χ0v) is 13.9. The Morgan fingerprint density at radius 2 is 1.91 bits per heavy atom. The summed E-state index contributed by atoms with van der Waals surface area (Å²) in [5.74, 6) is 1.93. The number of hydrogen-bond acceptors (Lipinski definition) is 4. The number of rotatable bonds is 6. The largest absolute Gasteiger partial charge is 0.495 e. The zero-order valence-electron chi connectivity index (χ0n) is 13.9. The molecule has 0 bridgehead atoms. The van der Waals surface area contributed by atoms with Crippen molar-refractivity contribution in [1.29, 1.82) is 0 Å². The van der Waals surface area contributed by atoms with Crippen LogP contribution in [0.1, 0.15) is 37.0 Å². The molecule has 0 atom stereocenters. The number of hydrogen-bond donors (Lipinski definition) is 1. The van der Waals surface area contributed by atoms with Crippen LogP contribution < -0.4 is 15.0 Å². The first-order valence-corrected chi connectivity index (χ1v) is 8.52. The number of anilines is 1. The van der Waals surface area contributed by atoms with E-state index < -0.39 is 0 Å². The molecule has 1 fully saturated rings. The van der Waals surface area contributed by atoms with E-state index in [0.29, 0.717) is 0 Å². The number of nitrogens with one attached hydrogen (secondary N) is 1. The number of benzene rings is 1. The van der Waals surface area contributed by atoms with E-state index in [-0.39, 0.29) is 0 Å². The van der Waals surface area contributed by atoms with Gasteiger partial charge in [-0.1, -0.05) is 18.9 Å². The Morgan fingerprint density at radius 3 is 2.61 bits per heavy atom. The van der Waals surface area contributed by atoms with Gasteiger partial charge in [0.1, 0.15) is 11.5 Å². The first-order chi connectivity index (χ1) is 11.4. The molecule has 0 amide bonds. The van der Waals surface area contributed by atoms with Crippen LogP contribution in [-0.4, -0.2) is 20.2 Å². The van der Waals surface area contributed by atoms with Gasteiger partial charge >= 0.3 is 0 Å². The van der Waals surface area contributed by atoms with Crippen LogP contribution in [0.2, 0.25) is 0 Å². The van der Waals surface area contributed by atoms with Crippen molar-refractivity contribution in [2.45, 2.75) is 38.8 Å². The van der Waals surface area contributed by atoms with Crippen LogP contribution in [0.3, 0.4) is 0 Å². The molecule has 1 aliphatic heterocycles. The second kappa shape index (κ2) is 8.06. The molecule has 2 aromatic rings. The summed E-state index contributed by atoms with van der Waals surface area (Å²) in [5, 5.41) is 3.40. The fourth-order valence-corrected chi connectivity index (χ4v) is 3.15. The maximum absolute atomic E-state index is 5.64. The molecule has 1 N–H and O–H groups in total. The average Bonchev–Trinajstić information content (AvgIpc) is 2.95. The van der Waals surface area contributed by atoms with Crippen LogP contribution in [-0.2, 0) is 13.1 Å². The Kier molecular flexibility index (Phi) is 5.59. The summed E-state index contributed by atoms with van der Waals surface area (Å²) in [5.41, 5.74) is 2.45. The topological polar surface area (TPSA) is 37.6 Å². The monoisotopic (exact) mass is 314 g/mol. The molecule has 3 rings (SSSR count). The minimum Gasteiger partial charge on any atom is -0.495 e. The van der Waals surface area contributed by atoms with Crippen LogP contribution >= 0.6 is 0 Å². The summed E-state index contributed by atoms with van der Waals surface area (Å²) in [6.07, 6.45) is 6.93. The molecule has 1 saturated heterocycles. The summed E-state index contributed by atoms with van der Waals surface area (Å²) < 4.78 is 11.0. The Labute approximate surface area is 138 Å². The van der Waals surface area contributed by atoms with E-state index in [9.17, 15) is 0 Å². The van der Waals surface area contributed by atoms with Crippen molar-refractivity contribution in [1.82, 2.24) is 5.32 Å². The van der Waals surface area contributed by atoms with Gasteiger partial charge in [0.15, 0.2) is 0 Å². The van der Waals surface area contributed by atoms with Crippen molar-refractivity contribution in [2.75, 3.05) is 25.1 Å². The van der Waals surface area contributed by atoms with Gasteiger partial charge in [-0.2, -0.15) is 0 Å². The van der Waals surface area contributed by atoms with Crippen LogP contribution in [0.4, 0.5) is 5.69 Å². The Hall–Kier alpha value is -1.94. The summed E-state index contributed by atoms with van der Waals surface area (Å²) in [6, 6.07) is 10.4. The predicted molar refractivity (Wildman–Crippen MR) is 92.9 cm³/mol. The van der Waals surface area contributed by atoms with E-state index in [1.165, 1.54) is 36.9 Å². The molecule has 4 nitrogen and oxygen atoms in total. The zero-order chi connectivity index (χ0) is 15.9. The highest BCUT2D eigenvalue weighted by Crippen LogP contribution is 2.31. The molecule has 1 aromatic carbocycles. The lowest BCUT2D eigenvalue weighted by atomic mass is 10.1. The van der Waals surface area contributed by atoms with Crippen molar-refractivity contribution in [3.63, 3.8) is 0 Å². The Morgan fingerprint density at radius 1 is 1.09 bits per heavy atom. The van der Waals surface area contributed by atoms with E-state index in [4.69, 9.17) is 9.15 Å². The second-order valence-electron chi connectivity index (χ2n) is 6.09. The lowest BCUT2D eigenvalue weighted by molar-refractivity contribution is 0.413. The fourth-order valence-electron chi connectivity index (χ4n) is 3.15. The van der Waals surface area contributed by atoms with Gasteiger partial charge in [0.05, 0.1) is 25.6 Å². The highest BCUT2D eigenvalue weighted by atomic mass is 16.5. The first-order valence-electron chi connectivity index (χ1n) is 8.52. The van der Waals surface area contributed by atoms with E-state index in [2.05, 4.69) is 28.4 Å². The molecule has 0 saturated carbocycles. The molecular formula is C19H26N2O2. The highest BCUT2D eigenvalue weighted by molar-refractivity contribution is 5.60. The fraction of sp³-hybridized carbons (Fsp3) is 0.474. The Bertz CT molecular complexity index is 587. The normalized spacial score (nSPS) is 15.4. The molecule has 0 radical (unpaired) electrons. The highest BCUT2D eigenvalue weighted by Gasteiger charge is 2.14. The van der Waals surface area contributed by atoms with Crippen LogP contribution in [0.25, 0.3) is 0 Å². The van der Waals surface area contributed by atoms with Crippen molar-refractivity contribution in [3.05, 3.63) is 47.9 Å². The Balaban J connectivity index is 1.63. The smallest absolute Gasteiger partial charge is 0.142 e. The third-order valence-electron chi connectivity index (χ3n) is 4.40. The molecule has 2 heterocycles. The van der Waals surface area contributed by atoms with Crippen molar-refractivity contribution in [3.8, 4) is 5.75 Å². The molecule has 1 aromatic heterocycles. The number of ether oxygens (including phenoxy) is 1. The molecular weight excluding hydrogens is 288 g/mol.